The molecule has 0 radical (unpaired) electrons. The van der Waals surface area contributed by atoms with Gasteiger partial charge in [0.1, 0.15) is 0 Å². The molecule has 0 aromatic rings. The van der Waals surface area contributed by atoms with Crippen LogP contribution < -0.4 is 34.7 Å². The quantitative estimate of drug-likeness (QED) is 0.471. The van der Waals surface area contributed by atoms with Gasteiger partial charge < -0.3 is 10.2 Å². The Morgan fingerprint density at radius 1 is 1.09 bits per heavy atom. The second-order valence-electron chi connectivity index (χ2n) is 3.14. The number of aliphatic hydroxyl groups is 1. The molecule has 0 saturated carbocycles. The van der Waals surface area contributed by atoms with Crippen LogP contribution in [0.15, 0.2) is 0 Å². The summed E-state index contributed by atoms with van der Waals surface area (Å²) in [6.07, 6.45) is 0. The van der Waals surface area contributed by atoms with E-state index in [1.807, 2.05) is 27.7 Å². The first kappa shape index (κ1) is 17.9. The van der Waals surface area contributed by atoms with Crippen molar-refractivity contribution in [3.05, 3.63) is 0 Å². The Morgan fingerprint density at radius 2 is 1.27 bits per heavy atom. The van der Waals surface area contributed by atoms with Gasteiger partial charge in [-0.05, 0) is 5.92 Å². The van der Waals surface area contributed by atoms with Crippen molar-refractivity contribution in [2.45, 2.75) is 27.7 Å². The molecule has 11 heavy (non-hydrogen) atoms. The van der Waals surface area contributed by atoms with E-state index in [0.717, 1.165) is 0 Å². The molecule has 0 bridgehead atoms. The fourth-order valence-corrected chi connectivity index (χ4v) is 0. The monoisotopic (exact) mass is 170 g/mol. The van der Waals surface area contributed by atoms with Crippen molar-refractivity contribution >= 4 is 0 Å². The Bertz CT molecular complexity index is 48.1. The largest absolute Gasteiger partial charge is 1.00 e. The molecule has 0 heterocycles. The Hall–Kier alpha value is 0.920. The molecule has 0 atom stereocenters. The summed E-state index contributed by atoms with van der Waals surface area (Å²) in [4.78, 5) is 0. The molecule has 0 aliphatic rings. The molecule has 0 aliphatic heterocycles. The first-order valence-electron chi connectivity index (χ1n) is 3.73. The van der Waals surface area contributed by atoms with E-state index in [4.69, 9.17) is 5.11 Å². The van der Waals surface area contributed by atoms with E-state index in [9.17, 15) is 5.11 Å². The standard InChI is InChI=1S/C4H10O.C4H9O.Na/c2*1-4(2)3-5;/h4-5H,3H2,1-2H3;4H,3H2,1-2H3;/q;-1;+1. The van der Waals surface area contributed by atoms with Crippen LogP contribution in [0.4, 0.5) is 0 Å². The van der Waals surface area contributed by atoms with Crippen molar-refractivity contribution in [2.24, 2.45) is 11.8 Å². The summed E-state index contributed by atoms with van der Waals surface area (Å²) in [7, 11) is 0. The van der Waals surface area contributed by atoms with Gasteiger partial charge in [-0.2, -0.15) is 0 Å². The van der Waals surface area contributed by atoms with Gasteiger partial charge in [-0.25, -0.2) is 0 Å². The fraction of sp³-hybridized carbons (Fsp3) is 1.00. The molecule has 0 spiro atoms. The number of hydrogen-bond acceptors (Lipinski definition) is 2. The summed E-state index contributed by atoms with van der Waals surface area (Å²) < 4.78 is 0. The van der Waals surface area contributed by atoms with Crippen LogP contribution >= 0.6 is 0 Å². The van der Waals surface area contributed by atoms with Crippen LogP contribution in [0.3, 0.4) is 0 Å². The Balaban J connectivity index is -0.000000107. The third-order valence-electron chi connectivity index (χ3n) is 0.698. The van der Waals surface area contributed by atoms with Crippen LogP contribution in [-0.4, -0.2) is 18.3 Å². The molecule has 2 nitrogen and oxygen atoms in total. The van der Waals surface area contributed by atoms with Crippen molar-refractivity contribution in [1.29, 1.82) is 0 Å². The molecule has 1 N–H and O–H groups in total. The fourth-order valence-electron chi connectivity index (χ4n) is 0. The first-order valence-corrected chi connectivity index (χ1v) is 3.73. The molecule has 0 amide bonds. The first-order chi connectivity index (χ1) is 4.54. The van der Waals surface area contributed by atoms with Gasteiger partial charge in [0, 0.05) is 6.61 Å². The van der Waals surface area contributed by atoms with E-state index >= 15 is 0 Å². The number of rotatable bonds is 2. The smallest absolute Gasteiger partial charge is 0.854 e. The molecule has 0 aromatic carbocycles. The molecule has 0 aliphatic carbocycles. The summed E-state index contributed by atoms with van der Waals surface area (Å²) in [5.41, 5.74) is 0. The van der Waals surface area contributed by atoms with E-state index in [2.05, 4.69) is 0 Å². The van der Waals surface area contributed by atoms with Crippen LogP contribution in [0.2, 0.25) is 0 Å². The minimum atomic E-state index is 0. The van der Waals surface area contributed by atoms with Crippen molar-refractivity contribution in [1.82, 2.24) is 0 Å². The number of hydrogen-bond donors (Lipinski definition) is 1. The van der Waals surface area contributed by atoms with Crippen molar-refractivity contribution in [3.63, 3.8) is 0 Å². The Kier molecular flexibility index (Phi) is 21.9. The normalized spacial score (nSPS) is 8.73. The van der Waals surface area contributed by atoms with E-state index in [1.165, 1.54) is 0 Å². The molecular formula is C8H19NaO2. The minimum Gasteiger partial charge on any atom is -0.854 e. The summed E-state index contributed by atoms with van der Waals surface area (Å²) in [5.74, 6) is 0.769. The average Bonchev–Trinajstić information content (AvgIpc) is 1.89. The van der Waals surface area contributed by atoms with Crippen molar-refractivity contribution in [2.75, 3.05) is 13.2 Å². The summed E-state index contributed by atoms with van der Waals surface area (Å²) in [6.45, 7) is 8.12. The maximum absolute atomic E-state index is 9.63. The SMILES string of the molecule is CC(C)CO.CC(C)C[O-].[Na+]. The topological polar surface area (TPSA) is 43.3 Å². The van der Waals surface area contributed by atoms with Crippen LogP contribution in [0.25, 0.3) is 0 Å². The Morgan fingerprint density at radius 3 is 1.27 bits per heavy atom. The van der Waals surface area contributed by atoms with Crippen molar-refractivity contribution in [3.8, 4) is 0 Å². The number of aliphatic hydroxyl groups excluding tert-OH is 1. The third kappa shape index (κ3) is 35.9. The minimum absolute atomic E-state index is 0. The predicted octanol–water partition coefficient (Wildman–Crippen LogP) is -2.36. The molecule has 64 valence electrons. The van der Waals surface area contributed by atoms with Gasteiger partial charge in [-0.1, -0.05) is 33.6 Å². The summed E-state index contributed by atoms with van der Waals surface area (Å²) in [6, 6.07) is 0. The zero-order valence-electron chi connectivity index (χ0n) is 8.42. The van der Waals surface area contributed by atoms with Gasteiger partial charge in [-0.3, -0.25) is 0 Å². The van der Waals surface area contributed by atoms with E-state index in [0.29, 0.717) is 18.4 Å². The molecule has 0 fully saturated rings. The summed E-state index contributed by atoms with van der Waals surface area (Å²) in [5, 5.41) is 17.8. The summed E-state index contributed by atoms with van der Waals surface area (Å²) >= 11 is 0. The van der Waals surface area contributed by atoms with Crippen LogP contribution in [0.1, 0.15) is 27.7 Å². The van der Waals surface area contributed by atoms with E-state index in [-0.39, 0.29) is 36.2 Å². The van der Waals surface area contributed by atoms with Gasteiger partial charge in [0.15, 0.2) is 0 Å². The van der Waals surface area contributed by atoms with Gasteiger partial charge >= 0.3 is 29.6 Å². The molecule has 0 unspecified atom stereocenters. The molecule has 0 rings (SSSR count). The molecule has 3 heteroatoms. The molecule has 0 aromatic heterocycles. The van der Waals surface area contributed by atoms with E-state index < -0.39 is 0 Å². The van der Waals surface area contributed by atoms with Gasteiger partial charge in [0.2, 0.25) is 0 Å². The molecule has 0 saturated heterocycles. The van der Waals surface area contributed by atoms with Crippen LogP contribution in [-0.2, 0) is 0 Å². The van der Waals surface area contributed by atoms with Gasteiger partial charge in [0.25, 0.3) is 0 Å². The maximum atomic E-state index is 9.63. The second kappa shape index (κ2) is 13.5. The second-order valence-corrected chi connectivity index (χ2v) is 3.14. The van der Waals surface area contributed by atoms with Crippen LogP contribution in [0, 0.1) is 11.8 Å². The molecular weight excluding hydrogens is 151 g/mol. The van der Waals surface area contributed by atoms with Crippen LogP contribution in [0.5, 0.6) is 0 Å². The zero-order chi connectivity index (χ0) is 8.57. The third-order valence-corrected chi connectivity index (χ3v) is 0.698. The van der Waals surface area contributed by atoms with Gasteiger partial charge in [-0.15, -0.1) is 6.61 Å². The zero-order valence-corrected chi connectivity index (χ0v) is 10.4. The maximum Gasteiger partial charge on any atom is 1.00 e. The average molecular weight is 170 g/mol. The Labute approximate surface area is 92.3 Å². The predicted molar refractivity (Wildman–Crippen MR) is 41.6 cm³/mol. The van der Waals surface area contributed by atoms with Crippen molar-refractivity contribution < 1.29 is 39.8 Å². The van der Waals surface area contributed by atoms with E-state index in [1.54, 1.807) is 0 Å². The van der Waals surface area contributed by atoms with Gasteiger partial charge in [0.05, 0.1) is 0 Å².